The highest BCUT2D eigenvalue weighted by atomic mass is 79.9. The zero-order chi connectivity index (χ0) is 12.3. The lowest BCUT2D eigenvalue weighted by molar-refractivity contribution is -0.121. The van der Waals surface area contributed by atoms with Gasteiger partial charge >= 0.3 is 0 Å². The molecular weight excluding hydrogens is 336 g/mol. The Hall–Kier alpha value is -0.480. The summed E-state index contributed by atoms with van der Waals surface area (Å²) in [4.78, 5) is 23.3. The Bertz CT molecular complexity index is 425. The lowest BCUT2D eigenvalue weighted by Crippen LogP contribution is -2.13. The van der Waals surface area contributed by atoms with E-state index in [2.05, 4.69) is 31.9 Å². The predicted octanol–water partition coefficient (Wildman–Crippen LogP) is 4.01. The lowest BCUT2D eigenvalue weighted by Gasteiger charge is -2.05. The summed E-state index contributed by atoms with van der Waals surface area (Å²) in [5.41, 5.74) is 0.553. The van der Waals surface area contributed by atoms with Gasteiger partial charge in [0.25, 0.3) is 0 Å². The SMILES string of the molecule is CC(C)C(=O)CC(=O)c1ccc(Br)cc1Br. The van der Waals surface area contributed by atoms with Crippen LogP contribution in [0, 0.1) is 5.92 Å². The van der Waals surface area contributed by atoms with Crippen LogP contribution in [0.3, 0.4) is 0 Å². The first kappa shape index (κ1) is 13.6. The normalized spacial score (nSPS) is 10.6. The Labute approximate surface area is 112 Å². The summed E-state index contributed by atoms with van der Waals surface area (Å²) in [6, 6.07) is 5.30. The molecule has 1 aromatic rings. The van der Waals surface area contributed by atoms with E-state index in [0.29, 0.717) is 10.0 Å². The highest BCUT2D eigenvalue weighted by Gasteiger charge is 2.16. The highest BCUT2D eigenvalue weighted by molar-refractivity contribution is 9.11. The quantitative estimate of drug-likeness (QED) is 0.609. The van der Waals surface area contributed by atoms with E-state index in [0.717, 1.165) is 4.47 Å². The van der Waals surface area contributed by atoms with E-state index in [-0.39, 0.29) is 23.9 Å². The third-order valence-electron chi connectivity index (χ3n) is 2.21. The van der Waals surface area contributed by atoms with E-state index in [1.165, 1.54) is 0 Å². The number of hydrogen-bond donors (Lipinski definition) is 0. The predicted molar refractivity (Wildman–Crippen MR) is 70.6 cm³/mol. The molecule has 16 heavy (non-hydrogen) atoms. The number of hydrogen-bond acceptors (Lipinski definition) is 2. The van der Waals surface area contributed by atoms with Crippen LogP contribution >= 0.6 is 31.9 Å². The van der Waals surface area contributed by atoms with E-state index in [1.807, 2.05) is 0 Å². The van der Waals surface area contributed by atoms with Crippen molar-refractivity contribution in [3.8, 4) is 0 Å². The minimum Gasteiger partial charge on any atom is -0.299 e. The Morgan fingerprint density at radius 1 is 1.25 bits per heavy atom. The van der Waals surface area contributed by atoms with E-state index >= 15 is 0 Å². The smallest absolute Gasteiger partial charge is 0.171 e. The Morgan fingerprint density at radius 2 is 1.88 bits per heavy atom. The average molecular weight is 348 g/mol. The summed E-state index contributed by atoms with van der Waals surface area (Å²) >= 11 is 6.62. The summed E-state index contributed by atoms with van der Waals surface area (Å²) in [6.45, 7) is 3.60. The maximum Gasteiger partial charge on any atom is 0.171 e. The first-order valence-corrected chi connectivity index (χ1v) is 6.51. The minimum atomic E-state index is -0.141. The summed E-state index contributed by atoms with van der Waals surface area (Å²) in [6.07, 6.45) is -0.0299. The van der Waals surface area contributed by atoms with Crippen molar-refractivity contribution in [2.24, 2.45) is 5.92 Å². The molecule has 0 bridgehead atoms. The van der Waals surface area contributed by atoms with Gasteiger partial charge in [0.05, 0.1) is 6.42 Å². The number of rotatable bonds is 4. The molecule has 0 amide bonds. The molecular formula is C12H12Br2O2. The highest BCUT2D eigenvalue weighted by Crippen LogP contribution is 2.23. The van der Waals surface area contributed by atoms with Gasteiger partial charge in [-0.3, -0.25) is 9.59 Å². The fourth-order valence-electron chi connectivity index (χ4n) is 1.17. The standard InChI is InChI=1S/C12H12Br2O2/c1-7(2)11(15)6-12(16)9-4-3-8(13)5-10(9)14/h3-5,7H,6H2,1-2H3. The molecule has 0 aromatic heterocycles. The van der Waals surface area contributed by atoms with Gasteiger partial charge in [0, 0.05) is 20.4 Å². The van der Waals surface area contributed by atoms with Crippen molar-refractivity contribution in [2.45, 2.75) is 20.3 Å². The van der Waals surface area contributed by atoms with Crippen molar-refractivity contribution in [1.29, 1.82) is 0 Å². The molecule has 0 saturated carbocycles. The maximum atomic E-state index is 11.8. The van der Waals surface area contributed by atoms with Gasteiger partial charge < -0.3 is 0 Å². The molecule has 0 spiro atoms. The molecule has 4 heteroatoms. The average Bonchev–Trinajstić information content (AvgIpc) is 2.16. The number of carbonyl (C=O) groups is 2. The molecule has 0 aliphatic heterocycles. The Morgan fingerprint density at radius 3 is 2.38 bits per heavy atom. The fourth-order valence-corrected chi connectivity index (χ4v) is 2.44. The van der Waals surface area contributed by atoms with Crippen LogP contribution < -0.4 is 0 Å². The van der Waals surface area contributed by atoms with Crippen LogP contribution in [0.1, 0.15) is 30.6 Å². The van der Waals surface area contributed by atoms with Crippen molar-refractivity contribution in [3.05, 3.63) is 32.7 Å². The van der Waals surface area contributed by atoms with Crippen LogP contribution in [0.4, 0.5) is 0 Å². The maximum absolute atomic E-state index is 11.8. The second-order valence-electron chi connectivity index (χ2n) is 3.85. The van der Waals surface area contributed by atoms with Crippen molar-refractivity contribution >= 4 is 43.4 Å². The van der Waals surface area contributed by atoms with Crippen molar-refractivity contribution < 1.29 is 9.59 Å². The second kappa shape index (κ2) is 5.73. The van der Waals surface area contributed by atoms with Crippen LogP contribution in [-0.2, 0) is 4.79 Å². The van der Waals surface area contributed by atoms with E-state index in [9.17, 15) is 9.59 Å². The number of halogens is 2. The summed E-state index contributed by atoms with van der Waals surface area (Å²) in [5.74, 6) is -0.268. The molecule has 0 aliphatic rings. The summed E-state index contributed by atoms with van der Waals surface area (Å²) < 4.78 is 1.61. The third-order valence-corrected chi connectivity index (χ3v) is 3.36. The van der Waals surface area contributed by atoms with Gasteiger partial charge in [-0.15, -0.1) is 0 Å². The van der Waals surface area contributed by atoms with Crippen LogP contribution in [0.15, 0.2) is 27.1 Å². The number of carbonyl (C=O) groups excluding carboxylic acids is 2. The lowest BCUT2D eigenvalue weighted by atomic mass is 10.00. The first-order chi connectivity index (χ1) is 7.41. The van der Waals surface area contributed by atoms with E-state index in [4.69, 9.17) is 0 Å². The van der Waals surface area contributed by atoms with Gasteiger partial charge in [-0.2, -0.15) is 0 Å². The monoisotopic (exact) mass is 346 g/mol. The van der Waals surface area contributed by atoms with Crippen molar-refractivity contribution in [1.82, 2.24) is 0 Å². The molecule has 1 aromatic carbocycles. The molecule has 1 rings (SSSR count). The molecule has 86 valence electrons. The molecule has 0 N–H and O–H groups in total. The van der Waals surface area contributed by atoms with Crippen LogP contribution in [-0.4, -0.2) is 11.6 Å². The van der Waals surface area contributed by atoms with Crippen molar-refractivity contribution in [2.75, 3.05) is 0 Å². The zero-order valence-electron chi connectivity index (χ0n) is 9.09. The molecule has 0 atom stereocenters. The van der Waals surface area contributed by atoms with Gasteiger partial charge in [0.2, 0.25) is 0 Å². The molecule has 0 saturated heterocycles. The summed E-state index contributed by atoms with van der Waals surface area (Å²) in [5, 5.41) is 0. The Balaban J connectivity index is 2.85. The third kappa shape index (κ3) is 3.52. The largest absolute Gasteiger partial charge is 0.299 e. The molecule has 0 unspecified atom stereocenters. The van der Waals surface area contributed by atoms with E-state index < -0.39 is 0 Å². The first-order valence-electron chi connectivity index (χ1n) is 4.92. The topological polar surface area (TPSA) is 34.1 Å². The van der Waals surface area contributed by atoms with Gasteiger partial charge in [-0.05, 0) is 18.2 Å². The van der Waals surface area contributed by atoms with Crippen LogP contribution in [0.2, 0.25) is 0 Å². The van der Waals surface area contributed by atoms with Gasteiger partial charge in [-0.1, -0.05) is 45.7 Å². The zero-order valence-corrected chi connectivity index (χ0v) is 12.3. The van der Waals surface area contributed by atoms with Gasteiger partial charge in [0.15, 0.2) is 5.78 Å². The molecule has 0 heterocycles. The minimum absolute atomic E-state index is 0.0279. The van der Waals surface area contributed by atoms with E-state index in [1.54, 1.807) is 32.0 Å². The van der Waals surface area contributed by atoms with Crippen molar-refractivity contribution in [3.63, 3.8) is 0 Å². The number of Topliss-reactive ketones (excluding diaryl/α,β-unsaturated/α-hetero) is 2. The second-order valence-corrected chi connectivity index (χ2v) is 5.62. The molecule has 0 radical (unpaired) electrons. The molecule has 0 fully saturated rings. The van der Waals surface area contributed by atoms with Gasteiger partial charge in [0.1, 0.15) is 5.78 Å². The summed E-state index contributed by atoms with van der Waals surface area (Å²) in [7, 11) is 0. The number of ketones is 2. The fraction of sp³-hybridized carbons (Fsp3) is 0.333. The number of benzene rings is 1. The van der Waals surface area contributed by atoms with Crippen LogP contribution in [0.25, 0.3) is 0 Å². The Kier molecular flexibility index (Phi) is 4.87. The van der Waals surface area contributed by atoms with Crippen LogP contribution in [0.5, 0.6) is 0 Å². The molecule has 0 aliphatic carbocycles. The molecule has 2 nitrogen and oxygen atoms in total. The van der Waals surface area contributed by atoms with Gasteiger partial charge in [-0.25, -0.2) is 0 Å².